The fourth-order valence-electron chi connectivity index (χ4n) is 3.36. The minimum absolute atomic E-state index is 0.00396. The number of amides is 1. The topological polar surface area (TPSA) is 53.3 Å². The van der Waals surface area contributed by atoms with E-state index in [1.54, 1.807) is 18.2 Å². The summed E-state index contributed by atoms with van der Waals surface area (Å²) < 4.78 is 19.2. The van der Waals surface area contributed by atoms with Gasteiger partial charge in [0.2, 0.25) is 0 Å². The standard InChI is InChI=1S/C22H23FN2O2/c1-2-11-25(15-20-4-3-12-27-20)22(26)17-7-5-16(6-8-17)18-9-10-21(23)19(13-18)14-24/h5-10,13,20H,2-4,11-12,15H2,1H3/t20-/m1/s1. The molecule has 1 fully saturated rings. The van der Waals surface area contributed by atoms with Gasteiger partial charge in [-0.2, -0.15) is 5.26 Å². The predicted octanol–water partition coefficient (Wildman–Crippen LogP) is 4.40. The molecule has 1 heterocycles. The first kappa shape index (κ1) is 19.1. The zero-order valence-electron chi connectivity index (χ0n) is 15.5. The molecule has 1 saturated heterocycles. The Labute approximate surface area is 159 Å². The Kier molecular flexibility index (Phi) is 6.20. The molecule has 140 valence electrons. The van der Waals surface area contributed by atoms with E-state index in [-0.39, 0.29) is 17.6 Å². The van der Waals surface area contributed by atoms with Gasteiger partial charge in [-0.15, -0.1) is 0 Å². The third kappa shape index (κ3) is 4.53. The van der Waals surface area contributed by atoms with E-state index >= 15 is 0 Å². The molecular weight excluding hydrogens is 343 g/mol. The normalized spacial score (nSPS) is 16.1. The zero-order valence-corrected chi connectivity index (χ0v) is 15.5. The van der Waals surface area contributed by atoms with Crippen LogP contribution in [0, 0.1) is 17.1 Å². The average Bonchev–Trinajstić information content (AvgIpc) is 3.21. The molecule has 0 aromatic heterocycles. The molecule has 0 bridgehead atoms. The number of nitrogens with zero attached hydrogens (tertiary/aromatic N) is 2. The highest BCUT2D eigenvalue weighted by Crippen LogP contribution is 2.23. The van der Waals surface area contributed by atoms with Gasteiger partial charge >= 0.3 is 0 Å². The van der Waals surface area contributed by atoms with E-state index in [0.717, 1.165) is 37.0 Å². The Bertz CT molecular complexity index is 836. The van der Waals surface area contributed by atoms with Crippen LogP contribution in [0.5, 0.6) is 0 Å². The van der Waals surface area contributed by atoms with Crippen LogP contribution in [0.4, 0.5) is 4.39 Å². The number of carbonyl (C=O) groups excluding carboxylic acids is 1. The van der Waals surface area contributed by atoms with Gasteiger partial charge in [-0.25, -0.2) is 4.39 Å². The van der Waals surface area contributed by atoms with E-state index in [0.29, 0.717) is 18.7 Å². The molecule has 1 amide bonds. The van der Waals surface area contributed by atoms with E-state index < -0.39 is 5.82 Å². The average molecular weight is 366 g/mol. The van der Waals surface area contributed by atoms with Crippen LogP contribution in [0.2, 0.25) is 0 Å². The van der Waals surface area contributed by atoms with E-state index in [4.69, 9.17) is 10.00 Å². The molecule has 4 nitrogen and oxygen atoms in total. The Balaban J connectivity index is 1.76. The summed E-state index contributed by atoms with van der Waals surface area (Å²) in [6.07, 6.45) is 3.07. The lowest BCUT2D eigenvalue weighted by Gasteiger charge is -2.25. The van der Waals surface area contributed by atoms with Crippen LogP contribution in [0.25, 0.3) is 11.1 Å². The molecule has 1 aliphatic rings. The van der Waals surface area contributed by atoms with Gasteiger partial charge in [-0.05, 0) is 54.7 Å². The minimum atomic E-state index is -0.530. The SMILES string of the molecule is CCCN(C[C@H]1CCCO1)C(=O)c1ccc(-c2ccc(F)c(C#N)c2)cc1. The van der Waals surface area contributed by atoms with Crippen LogP contribution < -0.4 is 0 Å². The van der Waals surface area contributed by atoms with E-state index in [1.165, 1.54) is 12.1 Å². The number of hydrogen-bond donors (Lipinski definition) is 0. The van der Waals surface area contributed by atoms with Crippen molar-refractivity contribution in [1.82, 2.24) is 4.90 Å². The molecule has 27 heavy (non-hydrogen) atoms. The van der Waals surface area contributed by atoms with Crippen LogP contribution in [-0.4, -0.2) is 36.6 Å². The number of halogens is 1. The van der Waals surface area contributed by atoms with Crippen molar-refractivity contribution in [3.63, 3.8) is 0 Å². The lowest BCUT2D eigenvalue weighted by atomic mass is 10.0. The molecule has 1 aliphatic heterocycles. The number of ether oxygens (including phenoxy) is 1. The van der Waals surface area contributed by atoms with Crippen molar-refractivity contribution in [3.05, 3.63) is 59.4 Å². The van der Waals surface area contributed by atoms with Gasteiger partial charge in [0, 0.05) is 25.3 Å². The molecule has 0 aliphatic carbocycles. The van der Waals surface area contributed by atoms with Gasteiger partial charge in [0.05, 0.1) is 11.7 Å². The van der Waals surface area contributed by atoms with Crippen LogP contribution >= 0.6 is 0 Å². The Morgan fingerprint density at radius 1 is 1.26 bits per heavy atom. The summed E-state index contributed by atoms with van der Waals surface area (Å²) in [5, 5.41) is 8.98. The first-order valence-electron chi connectivity index (χ1n) is 9.33. The monoisotopic (exact) mass is 366 g/mol. The third-order valence-electron chi connectivity index (χ3n) is 4.78. The first-order chi connectivity index (χ1) is 13.1. The maximum atomic E-state index is 13.5. The molecule has 0 N–H and O–H groups in total. The molecule has 2 aromatic rings. The highest BCUT2D eigenvalue weighted by atomic mass is 19.1. The number of rotatable bonds is 6. The zero-order chi connectivity index (χ0) is 19.2. The Morgan fingerprint density at radius 3 is 2.63 bits per heavy atom. The molecule has 5 heteroatoms. The second-order valence-electron chi connectivity index (χ2n) is 6.77. The molecular formula is C22H23FN2O2. The summed E-state index contributed by atoms with van der Waals surface area (Å²) in [4.78, 5) is 14.8. The Hall–Kier alpha value is -2.71. The second-order valence-corrected chi connectivity index (χ2v) is 6.77. The van der Waals surface area contributed by atoms with E-state index in [2.05, 4.69) is 6.92 Å². The fraction of sp³-hybridized carbons (Fsp3) is 0.364. The minimum Gasteiger partial charge on any atom is -0.376 e. The van der Waals surface area contributed by atoms with Crippen LogP contribution in [0.3, 0.4) is 0 Å². The molecule has 0 spiro atoms. The number of carbonyl (C=O) groups is 1. The molecule has 0 saturated carbocycles. The van der Waals surface area contributed by atoms with Gasteiger partial charge in [-0.3, -0.25) is 4.79 Å². The molecule has 3 rings (SSSR count). The predicted molar refractivity (Wildman–Crippen MR) is 102 cm³/mol. The maximum absolute atomic E-state index is 13.5. The Morgan fingerprint density at radius 2 is 2.00 bits per heavy atom. The van der Waals surface area contributed by atoms with Crippen molar-refractivity contribution in [2.75, 3.05) is 19.7 Å². The highest BCUT2D eigenvalue weighted by Gasteiger charge is 2.23. The summed E-state index contributed by atoms with van der Waals surface area (Å²) in [6.45, 7) is 4.15. The summed E-state index contributed by atoms with van der Waals surface area (Å²) in [5.74, 6) is -0.534. The molecule has 0 radical (unpaired) electrons. The maximum Gasteiger partial charge on any atom is 0.253 e. The molecule has 0 unspecified atom stereocenters. The van der Waals surface area contributed by atoms with E-state index in [9.17, 15) is 9.18 Å². The fourth-order valence-corrected chi connectivity index (χ4v) is 3.36. The largest absolute Gasteiger partial charge is 0.376 e. The lowest BCUT2D eigenvalue weighted by Crippen LogP contribution is -2.37. The van der Waals surface area contributed by atoms with Gasteiger partial charge in [0.25, 0.3) is 5.91 Å². The highest BCUT2D eigenvalue weighted by molar-refractivity contribution is 5.94. The smallest absolute Gasteiger partial charge is 0.253 e. The second kappa shape index (κ2) is 8.79. The van der Waals surface area contributed by atoms with Crippen molar-refractivity contribution in [1.29, 1.82) is 5.26 Å². The van der Waals surface area contributed by atoms with Crippen molar-refractivity contribution in [2.45, 2.75) is 32.3 Å². The third-order valence-corrected chi connectivity index (χ3v) is 4.78. The molecule has 1 atom stereocenters. The quantitative estimate of drug-likeness (QED) is 0.762. The number of nitriles is 1. The van der Waals surface area contributed by atoms with Gasteiger partial charge in [0.15, 0.2) is 0 Å². The lowest BCUT2D eigenvalue weighted by molar-refractivity contribution is 0.0526. The van der Waals surface area contributed by atoms with Crippen LogP contribution in [-0.2, 0) is 4.74 Å². The van der Waals surface area contributed by atoms with Crippen LogP contribution in [0.1, 0.15) is 42.1 Å². The van der Waals surface area contributed by atoms with Crippen molar-refractivity contribution in [3.8, 4) is 17.2 Å². The summed E-state index contributed by atoms with van der Waals surface area (Å²) in [6, 6.07) is 13.5. The van der Waals surface area contributed by atoms with Crippen molar-refractivity contribution >= 4 is 5.91 Å². The van der Waals surface area contributed by atoms with Gasteiger partial charge < -0.3 is 9.64 Å². The number of benzene rings is 2. The number of hydrogen-bond acceptors (Lipinski definition) is 3. The van der Waals surface area contributed by atoms with Crippen molar-refractivity contribution < 1.29 is 13.9 Å². The van der Waals surface area contributed by atoms with Gasteiger partial charge in [0.1, 0.15) is 11.9 Å². The van der Waals surface area contributed by atoms with Crippen LogP contribution in [0.15, 0.2) is 42.5 Å². The summed E-state index contributed by atoms with van der Waals surface area (Å²) >= 11 is 0. The van der Waals surface area contributed by atoms with Crippen molar-refractivity contribution in [2.24, 2.45) is 0 Å². The first-order valence-corrected chi connectivity index (χ1v) is 9.33. The molecule has 2 aromatic carbocycles. The van der Waals surface area contributed by atoms with Gasteiger partial charge in [-0.1, -0.05) is 25.1 Å². The summed E-state index contributed by atoms with van der Waals surface area (Å²) in [7, 11) is 0. The van der Waals surface area contributed by atoms with E-state index in [1.807, 2.05) is 23.1 Å². The summed E-state index contributed by atoms with van der Waals surface area (Å²) in [5.41, 5.74) is 2.21.